The molecule has 2 fully saturated rings. The summed E-state index contributed by atoms with van der Waals surface area (Å²) in [5, 5.41) is 0. The Bertz CT molecular complexity index is 431. The van der Waals surface area contributed by atoms with Gasteiger partial charge in [0.1, 0.15) is 0 Å². The molecule has 4 nitrogen and oxygen atoms in total. The van der Waals surface area contributed by atoms with Crippen molar-refractivity contribution in [1.29, 1.82) is 0 Å². The second-order valence-corrected chi connectivity index (χ2v) is 5.75. The Kier molecular flexibility index (Phi) is 3.71. The van der Waals surface area contributed by atoms with Crippen LogP contribution >= 0.6 is 0 Å². The van der Waals surface area contributed by atoms with Crippen LogP contribution in [0.1, 0.15) is 12.6 Å². The Morgan fingerprint density at radius 1 is 1.26 bits per heavy atom. The zero-order valence-electron chi connectivity index (χ0n) is 11.9. The van der Waals surface area contributed by atoms with Gasteiger partial charge in [-0.1, -0.05) is 6.92 Å². The van der Waals surface area contributed by atoms with Gasteiger partial charge in [-0.15, -0.1) is 0 Å². The molecular formula is C15H23N3O. The molecule has 0 aromatic carbocycles. The van der Waals surface area contributed by atoms with Gasteiger partial charge in [0.25, 0.3) is 0 Å². The molecule has 4 heteroatoms. The van der Waals surface area contributed by atoms with Crippen molar-refractivity contribution >= 4 is 5.69 Å². The van der Waals surface area contributed by atoms with E-state index in [0.717, 1.165) is 45.1 Å². The molecular weight excluding hydrogens is 238 g/mol. The van der Waals surface area contributed by atoms with E-state index < -0.39 is 0 Å². The molecule has 3 rings (SSSR count). The van der Waals surface area contributed by atoms with Crippen LogP contribution in [0.5, 0.6) is 0 Å². The number of ether oxygens (including phenoxy) is 1. The molecule has 2 atom stereocenters. The highest BCUT2D eigenvalue weighted by molar-refractivity contribution is 5.48. The summed E-state index contributed by atoms with van der Waals surface area (Å²) in [6.07, 6.45) is 1.91. The number of morpholine rings is 1. The first-order valence-electron chi connectivity index (χ1n) is 7.23. The molecule has 0 spiro atoms. The van der Waals surface area contributed by atoms with Crippen LogP contribution in [-0.2, 0) is 4.74 Å². The van der Waals surface area contributed by atoms with Gasteiger partial charge >= 0.3 is 0 Å². The van der Waals surface area contributed by atoms with Gasteiger partial charge in [0.2, 0.25) is 0 Å². The van der Waals surface area contributed by atoms with Crippen molar-refractivity contribution in [2.75, 3.05) is 44.3 Å². The predicted molar refractivity (Wildman–Crippen MR) is 76.5 cm³/mol. The van der Waals surface area contributed by atoms with Gasteiger partial charge in [-0.2, -0.15) is 0 Å². The summed E-state index contributed by atoms with van der Waals surface area (Å²) in [7, 11) is 0. The van der Waals surface area contributed by atoms with Gasteiger partial charge in [-0.05, 0) is 25.0 Å². The molecule has 0 saturated carbocycles. The lowest BCUT2D eigenvalue weighted by atomic mass is 10.0. The highest BCUT2D eigenvalue weighted by Gasteiger charge is 2.34. The van der Waals surface area contributed by atoms with Crippen LogP contribution in [0.15, 0.2) is 18.3 Å². The minimum Gasteiger partial charge on any atom is -0.379 e. The SMILES string of the molecule is Cc1cc(N2CC(C)C(N3CCOCC3)C2)ccn1. The van der Waals surface area contributed by atoms with E-state index in [1.165, 1.54) is 5.69 Å². The molecule has 1 aromatic heterocycles. The van der Waals surface area contributed by atoms with E-state index in [4.69, 9.17) is 4.74 Å². The Hall–Kier alpha value is -1.13. The standard InChI is InChI=1S/C15H23N3O/c1-12-10-18(14-3-4-16-13(2)9-14)11-15(12)17-5-7-19-8-6-17/h3-4,9,12,15H,5-8,10-11H2,1-2H3. The fourth-order valence-corrected chi connectivity index (χ4v) is 3.27. The molecule has 0 radical (unpaired) electrons. The largest absolute Gasteiger partial charge is 0.379 e. The zero-order valence-corrected chi connectivity index (χ0v) is 11.9. The van der Waals surface area contributed by atoms with Crippen molar-refractivity contribution in [3.05, 3.63) is 24.0 Å². The Balaban J connectivity index is 1.70. The normalized spacial score (nSPS) is 28.8. The number of rotatable bonds is 2. The summed E-state index contributed by atoms with van der Waals surface area (Å²) in [6.45, 7) is 10.6. The molecule has 2 aliphatic heterocycles. The monoisotopic (exact) mass is 261 g/mol. The van der Waals surface area contributed by atoms with Crippen LogP contribution in [-0.4, -0.2) is 55.3 Å². The summed E-state index contributed by atoms with van der Waals surface area (Å²) in [5.41, 5.74) is 2.41. The Morgan fingerprint density at radius 3 is 2.79 bits per heavy atom. The number of hydrogen-bond donors (Lipinski definition) is 0. The molecule has 0 N–H and O–H groups in total. The lowest BCUT2D eigenvalue weighted by Crippen LogP contribution is -2.46. The van der Waals surface area contributed by atoms with E-state index in [9.17, 15) is 0 Å². The van der Waals surface area contributed by atoms with Crippen molar-refractivity contribution in [3.8, 4) is 0 Å². The van der Waals surface area contributed by atoms with Crippen molar-refractivity contribution in [1.82, 2.24) is 9.88 Å². The number of hydrogen-bond acceptors (Lipinski definition) is 4. The smallest absolute Gasteiger partial charge is 0.0594 e. The van der Waals surface area contributed by atoms with Crippen LogP contribution in [0, 0.1) is 12.8 Å². The van der Waals surface area contributed by atoms with Crippen LogP contribution < -0.4 is 4.90 Å². The minimum absolute atomic E-state index is 0.664. The van der Waals surface area contributed by atoms with Crippen LogP contribution in [0.25, 0.3) is 0 Å². The minimum atomic E-state index is 0.664. The second kappa shape index (κ2) is 5.47. The van der Waals surface area contributed by atoms with Gasteiger partial charge in [0.05, 0.1) is 13.2 Å². The van der Waals surface area contributed by atoms with Crippen molar-refractivity contribution in [2.45, 2.75) is 19.9 Å². The average molecular weight is 261 g/mol. The molecule has 19 heavy (non-hydrogen) atoms. The van der Waals surface area contributed by atoms with E-state index in [2.05, 4.69) is 40.8 Å². The van der Waals surface area contributed by atoms with E-state index >= 15 is 0 Å². The molecule has 0 bridgehead atoms. The van der Waals surface area contributed by atoms with Crippen LogP contribution in [0.2, 0.25) is 0 Å². The molecule has 2 saturated heterocycles. The van der Waals surface area contributed by atoms with Gasteiger partial charge in [-0.25, -0.2) is 0 Å². The van der Waals surface area contributed by atoms with E-state index in [1.807, 2.05) is 6.20 Å². The number of aryl methyl sites for hydroxylation is 1. The fourth-order valence-electron chi connectivity index (χ4n) is 3.27. The molecule has 3 heterocycles. The van der Waals surface area contributed by atoms with Crippen molar-refractivity contribution in [2.24, 2.45) is 5.92 Å². The van der Waals surface area contributed by atoms with E-state index in [-0.39, 0.29) is 0 Å². The van der Waals surface area contributed by atoms with Gasteiger partial charge in [-0.3, -0.25) is 9.88 Å². The first-order valence-corrected chi connectivity index (χ1v) is 7.23. The average Bonchev–Trinajstić information content (AvgIpc) is 2.82. The Morgan fingerprint density at radius 2 is 2.05 bits per heavy atom. The van der Waals surface area contributed by atoms with Gasteiger partial charge in [0.15, 0.2) is 0 Å². The third kappa shape index (κ3) is 2.74. The zero-order chi connectivity index (χ0) is 13.2. The molecule has 0 aliphatic carbocycles. The first kappa shape index (κ1) is 12.9. The topological polar surface area (TPSA) is 28.6 Å². The van der Waals surface area contributed by atoms with Gasteiger partial charge < -0.3 is 9.64 Å². The van der Waals surface area contributed by atoms with Crippen molar-refractivity contribution in [3.63, 3.8) is 0 Å². The second-order valence-electron chi connectivity index (χ2n) is 5.75. The maximum absolute atomic E-state index is 5.46. The summed E-state index contributed by atoms with van der Waals surface area (Å²) >= 11 is 0. The highest BCUT2D eigenvalue weighted by atomic mass is 16.5. The third-order valence-electron chi connectivity index (χ3n) is 4.33. The molecule has 0 amide bonds. The summed E-state index contributed by atoms with van der Waals surface area (Å²) in [6, 6.07) is 4.98. The van der Waals surface area contributed by atoms with Gasteiger partial charge in [0, 0.05) is 49.8 Å². The Labute approximate surface area is 115 Å². The fraction of sp³-hybridized carbons (Fsp3) is 0.667. The maximum atomic E-state index is 5.46. The summed E-state index contributed by atoms with van der Waals surface area (Å²) in [4.78, 5) is 9.38. The third-order valence-corrected chi connectivity index (χ3v) is 4.33. The lowest BCUT2D eigenvalue weighted by molar-refractivity contribution is 0.0134. The number of nitrogens with zero attached hydrogens (tertiary/aromatic N) is 3. The number of aromatic nitrogens is 1. The first-order chi connectivity index (χ1) is 9.24. The quantitative estimate of drug-likeness (QED) is 0.807. The lowest BCUT2D eigenvalue weighted by Gasteiger charge is -2.34. The molecule has 2 aliphatic rings. The number of anilines is 1. The highest BCUT2D eigenvalue weighted by Crippen LogP contribution is 2.27. The van der Waals surface area contributed by atoms with Crippen LogP contribution in [0.4, 0.5) is 5.69 Å². The number of pyridine rings is 1. The maximum Gasteiger partial charge on any atom is 0.0594 e. The summed E-state index contributed by atoms with van der Waals surface area (Å²) in [5.74, 6) is 0.714. The molecule has 104 valence electrons. The van der Waals surface area contributed by atoms with Crippen LogP contribution in [0.3, 0.4) is 0 Å². The van der Waals surface area contributed by atoms with Crippen molar-refractivity contribution < 1.29 is 4.74 Å². The molecule has 1 aromatic rings. The van der Waals surface area contributed by atoms with E-state index in [0.29, 0.717) is 12.0 Å². The molecule has 2 unspecified atom stereocenters. The van der Waals surface area contributed by atoms with E-state index in [1.54, 1.807) is 0 Å². The predicted octanol–water partition coefficient (Wildman–Crippen LogP) is 1.55. The summed E-state index contributed by atoms with van der Waals surface area (Å²) < 4.78 is 5.46.